The lowest BCUT2D eigenvalue weighted by Gasteiger charge is -1.92. The molecule has 0 unspecified atom stereocenters. The Labute approximate surface area is 71.3 Å². The van der Waals surface area contributed by atoms with E-state index in [1.54, 1.807) is 6.07 Å². The first-order chi connectivity index (χ1) is 6.22. The molecule has 0 saturated carbocycles. The van der Waals surface area contributed by atoms with Crippen molar-refractivity contribution in [2.24, 2.45) is 0 Å². The average Bonchev–Trinajstić information content (AvgIpc) is 2.16. The number of rotatable bonds is 0. The molecule has 0 aliphatic carbocycles. The molecule has 0 aliphatic heterocycles. The van der Waals surface area contributed by atoms with Gasteiger partial charge in [0.2, 0.25) is 5.69 Å². The Morgan fingerprint density at radius 1 is 1.50 bits per heavy atom. The van der Waals surface area contributed by atoms with Gasteiger partial charge in [0.1, 0.15) is 0 Å². The molecule has 1 aromatic carbocycles. The van der Waals surface area contributed by atoms with Crippen molar-refractivity contribution >= 4 is 5.69 Å². The first kappa shape index (κ1) is 6.40. The smallest absolute Gasteiger partial charge is 0.205 e. The van der Waals surface area contributed by atoms with Crippen LogP contribution < -0.4 is 0 Å². The van der Waals surface area contributed by atoms with E-state index < -0.39 is 0 Å². The SMILES string of the molecule is [2H]c1cc(C#N)cc([N+]#[C-])c1C#N. The van der Waals surface area contributed by atoms with Crippen molar-refractivity contribution in [1.29, 1.82) is 10.5 Å². The van der Waals surface area contributed by atoms with E-state index >= 15 is 0 Å². The minimum Gasteiger partial charge on any atom is -0.237 e. The van der Waals surface area contributed by atoms with Gasteiger partial charge in [-0.1, -0.05) is 6.04 Å². The van der Waals surface area contributed by atoms with E-state index in [4.69, 9.17) is 18.5 Å². The summed E-state index contributed by atoms with van der Waals surface area (Å²) in [5, 5.41) is 17.1. The summed E-state index contributed by atoms with van der Waals surface area (Å²) in [6.45, 7) is 6.74. The molecule has 3 heteroatoms. The maximum atomic E-state index is 8.60. The van der Waals surface area contributed by atoms with E-state index in [9.17, 15) is 0 Å². The Morgan fingerprint density at radius 3 is 2.75 bits per heavy atom. The number of benzene rings is 1. The number of hydrogen-bond donors (Lipinski definition) is 0. The van der Waals surface area contributed by atoms with Crippen LogP contribution in [-0.2, 0) is 0 Å². The second kappa shape index (κ2) is 3.19. The summed E-state index contributed by atoms with van der Waals surface area (Å²) in [5.41, 5.74) is 0.315. The van der Waals surface area contributed by atoms with Crippen LogP contribution in [0.1, 0.15) is 12.5 Å². The fourth-order valence-corrected chi connectivity index (χ4v) is 0.727. The van der Waals surface area contributed by atoms with Crippen molar-refractivity contribution in [2.45, 2.75) is 0 Å². The Balaban J connectivity index is 3.54. The maximum absolute atomic E-state index is 8.60. The van der Waals surface area contributed by atoms with Crippen molar-refractivity contribution in [3.8, 4) is 12.1 Å². The Bertz CT molecular complexity index is 471. The molecule has 0 heterocycles. The molecule has 0 atom stereocenters. The fourth-order valence-electron chi connectivity index (χ4n) is 0.727. The highest BCUT2D eigenvalue weighted by Gasteiger charge is 2.01. The largest absolute Gasteiger partial charge is 0.237 e. The van der Waals surface area contributed by atoms with Crippen molar-refractivity contribution in [2.75, 3.05) is 0 Å². The minimum absolute atomic E-state index is 0.0222. The summed E-state index contributed by atoms with van der Waals surface area (Å²) < 4.78 is 7.34. The zero-order chi connectivity index (χ0) is 9.84. The van der Waals surface area contributed by atoms with Crippen LogP contribution in [0.5, 0.6) is 0 Å². The van der Waals surface area contributed by atoms with Crippen LogP contribution in [0.2, 0.25) is 0 Å². The number of nitriles is 2. The molecule has 0 N–H and O–H groups in total. The second-order valence-electron chi connectivity index (χ2n) is 1.98. The Kier molecular flexibility index (Phi) is 1.70. The first-order valence-corrected chi connectivity index (χ1v) is 3.05. The summed E-state index contributed by atoms with van der Waals surface area (Å²) in [5.74, 6) is 0. The molecular weight excluding hydrogens is 150 g/mol. The van der Waals surface area contributed by atoms with Crippen molar-refractivity contribution in [3.05, 3.63) is 40.7 Å². The lowest BCUT2D eigenvalue weighted by molar-refractivity contribution is 1.46. The number of nitrogens with zero attached hydrogens (tertiary/aromatic N) is 3. The van der Waals surface area contributed by atoms with E-state index in [0.29, 0.717) is 0 Å². The summed E-state index contributed by atoms with van der Waals surface area (Å²) >= 11 is 0. The molecular formula is C9H3N3. The second-order valence-corrected chi connectivity index (χ2v) is 1.98. The predicted molar refractivity (Wildman–Crippen MR) is 42.1 cm³/mol. The Hall–Kier alpha value is -2.31. The molecule has 54 valence electrons. The van der Waals surface area contributed by atoms with E-state index in [1.165, 1.54) is 12.1 Å². The third-order valence-electron chi connectivity index (χ3n) is 1.28. The van der Waals surface area contributed by atoms with Gasteiger partial charge in [-0.25, -0.2) is 4.85 Å². The van der Waals surface area contributed by atoms with E-state index in [1.807, 2.05) is 6.07 Å². The Morgan fingerprint density at radius 2 is 2.25 bits per heavy atom. The zero-order valence-corrected chi connectivity index (χ0v) is 6.00. The van der Waals surface area contributed by atoms with Crippen molar-refractivity contribution < 1.29 is 1.37 Å². The molecule has 0 amide bonds. The van der Waals surface area contributed by atoms with Crippen molar-refractivity contribution in [3.63, 3.8) is 0 Å². The van der Waals surface area contributed by atoms with Crippen LogP contribution in [0.4, 0.5) is 5.69 Å². The minimum atomic E-state index is -0.0763. The predicted octanol–water partition coefficient (Wildman–Crippen LogP) is 1.98. The summed E-state index contributed by atoms with van der Waals surface area (Å²) in [7, 11) is 0. The third kappa shape index (κ3) is 1.24. The molecule has 0 aliphatic rings. The number of hydrogen-bond acceptors (Lipinski definition) is 2. The van der Waals surface area contributed by atoms with Crippen LogP contribution in [-0.4, -0.2) is 0 Å². The van der Waals surface area contributed by atoms with Crippen LogP contribution in [0, 0.1) is 29.2 Å². The van der Waals surface area contributed by atoms with Crippen LogP contribution in [0.25, 0.3) is 4.85 Å². The third-order valence-corrected chi connectivity index (χ3v) is 1.28. The highest BCUT2D eigenvalue weighted by atomic mass is 14.6. The molecule has 0 fully saturated rings. The van der Waals surface area contributed by atoms with Gasteiger partial charge in [-0.15, -0.1) is 0 Å². The molecule has 1 aromatic rings. The normalized spacial score (nSPS) is 8.92. The van der Waals surface area contributed by atoms with E-state index in [2.05, 4.69) is 4.85 Å². The highest BCUT2D eigenvalue weighted by molar-refractivity contribution is 5.61. The van der Waals surface area contributed by atoms with Gasteiger partial charge in [0.15, 0.2) is 0 Å². The topological polar surface area (TPSA) is 51.9 Å². The molecule has 0 radical (unpaired) electrons. The monoisotopic (exact) mass is 154 g/mol. The quantitative estimate of drug-likeness (QED) is 0.536. The first-order valence-electron chi connectivity index (χ1n) is 3.55. The van der Waals surface area contributed by atoms with Crippen LogP contribution >= 0.6 is 0 Å². The van der Waals surface area contributed by atoms with E-state index in [-0.39, 0.29) is 22.9 Å². The van der Waals surface area contributed by atoms with Gasteiger partial charge >= 0.3 is 0 Å². The average molecular weight is 154 g/mol. The van der Waals surface area contributed by atoms with Crippen LogP contribution in [0.3, 0.4) is 0 Å². The van der Waals surface area contributed by atoms with Gasteiger partial charge < -0.3 is 0 Å². The molecule has 0 spiro atoms. The van der Waals surface area contributed by atoms with Gasteiger partial charge in [-0.2, -0.15) is 10.5 Å². The summed E-state index contributed by atoms with van der Waals surface area (Å²) in [4.78, 5) is 3.07. The van der Waals surface area contributed by atoms with E-state index in [0.717, 1.165) is 0 Å². The molecule has 3 nitrogen and oxygen atoms in total. The molecule has 12 heavy (non-hydrogen) atoms. The zero-order valence-electron chi connectivity index (χ0n) is 7.00. The molecule has 0 aromatic heterocycles. The van der Waals surface area contributed by atoms with Gasteiger partial charge in [-0.05, 0) is 12.1 Å². The lowest BCUT2D eigenvalue weighted by Crippen LogP contribution is -1.77. The van der Waals surface area contributed by atoms with Crippen molar-refractivity contribution in [1.82, 2.24) is 0 Å². The van der Waals surface area contributed by atoms with Gasteiger partial charge in [0.25, 0.3) is 0 Å². The molecule has 0 bridgehead atoms. The van der Waals surface area contributed by atoms with Gasteiger partial charge in [0.05, 0.1) is 25.6 Å². The standard InChI is InChI=1S/C9H3N3/c1-12-9-4-7(5-10)2-3-8(9)6-11/h2-4H/i3D. The van der Waals surface area contributed by atoms with Gasteiger partial charge in [-0.3, -0.25) is 0 Å². The fraction of sp³-hybridized carbons (Fsp3) is 0. The maximum Gasteiger partial charge on any atom is 0.205 e. The molecule has 0 saturated heterocycles. The highest BCUT2D eigenvalue weighted by Crippen LogP contribution is 2.19. The van der Waals surface area contributed by atoms with Crippen LogP contribution in [0.15, 0.2) is 18.2 Å². The lowest BCUT2D eigenvalue weighted by atomic mass is 10.1. The summed E-state index contributed by atoms with van der Waals surface area (Å²) in [6.07, 6.45) is 0. The molecule has 1 rings (SSSR count). The van der Waals surface area contributed by atoms with Gasteiger partial charge in [0, 0.05) is 5.56 Å². The summed E-state index contributed by atoms with van der Waals surface area (Å²) in [6, 6.07) is 6.08.